The lowest BCUT2D eigenvalue weighted by Gasteiger charge is -2.22. The molecule has 1 amide bonds. The van der Waals surface area contributed by atoms with Crippen molar-refractivity contribution in [1.82, 2.24) is 4.90 Å². The molecule has 0 atom stereocenters. The fraction of sp³-hybridized carbons (Fsp3) is 0.211. The number of thiophene rings is 2. The second-order valence-electron chi connectivity index (χ2n) is 5.50. The third-order valence-corrected chi connectivity index (χ3v) is 6.27. The van der Waals surface area contributed by atoms with Crippen molar-refractivity contribution < 1.29 is 4.79 Å². The molecule has 3 aromatic rings. The van der Waals surface area contributed by atoms with Gasteiger partial charge >= 0.3 is 0 Å². The first-order valence-corrected chi connectivity index (χ1v) is 10.3. The van der Waals surface area contributed by atoms with E-state index in [1.54, 1.807) is 22.7 Å². The Balaban J connectivity index is 1.67. The summed E-state index contributed by atoms with van der Waals surface area (Å²) >= 11 is 6.96. The van der Waals surface area contributed by atoms with E-state index in [-0.39, 0.29) is 5.91 Å². The van der Waals surface area contributed by atoms with Crippen LogP contribution in [0.4, 0.5) is 0 Å². The second kappa shape index (κ2) is 8.60. The number of benzene rings is 1. The molecule has 0 radical (unpaired) electrons. The van der Waals surface area contributed by atoms with E-state index in [0.717, 1.165) is 10.9 Å². The SMILES string of the molecule is O=C(CCc1ccccc1Br)N(Cc1cccs1)Cc1cccs1. The number of nitrogens with zero attached hydrogens (tertiary/aromatic N) is 1. The van der Waals surface area contributed by atoms with Gasteiger partial charge in [-0.2, -0.15) is 0 Å². The average Bonchev–Trinajstić information content (AvgIpc) is 3.27. The zero-order chi connectivity index (χ0) is 16.8. The number of carbonyl (C=O) groups is 1. The van der Waals surface area contributed by atoms with Gasteiger partial charge in [0, 0.05) is 20.6 Å². The Bertz CT molecular complexity index is 732. The van der Waals surface area contributed by atoms with Crippen LogP contribution in [-0.4, -0.2) is 10.8 Å². The summed E-state index contributed by atoms with van der Waals surface area (Å²) in [4.78, 5) is 17.2. The Morgan fingerprint density at radius 2 is 1.54 bits per heavy atom. The smallest absolute Gasteiger partial charge is 0.223 e. The van der Waals surface area contributed by atoms with Gasteiger partial charge in [0.2, 0.25) is 5.91 Å². The molecule has 3 rings (SSSR count). The van der Waals surface area contributed by atoms with Gasteiger partial charge in [0.15, 0.2) is 0 Å². The Kier molecular flexibility index (Phi) is 6.24. The lowest BCUT2D eigenvalue weighted by molar-refractivity contribution is -0.132. The maximum Gasteiger partial charge on any atom is 0.223 e. The molecule has 124 valence electrons. The third-order valence-electron chi connectivity index (χ3n) is 3.77. The van der Waals surface area contributed by atoms with E-state index in [0.29, 0.717) is 19.5 Å². The summed E-state index contributed by atoms with van der Waals surface area (Å²) in [5.74, 6) is 0.201. The van der Waals surface area contributed by atoms with Crippen LogP contribution in [0.25, 0.3) is 0 Å². The van der Waals surface area contributed by atoms with Crippen molar-refractivity contribution in [2.75, 3.05) is 0 Å². The van der Waals surface area contributed by atoms with Gasteiger partial charge < -0.3 is 4.90 Å². The summed E-state index contributed by atoms with van der Waals surface area (Å²) in [5, 5.41) is 4.12. The summed E-state index contributed by atoms with van der Waals surface area (Å²) < 4.78 is 1.07. The number of halogens is 1. The fourth-order valence-corrected chi connectivity index (χ4v) is 4.44. The number of carbonyl (C=O) groups excluding carboxylic acids is 1. The van der Waals surface area contributed by atoms with Crippen molar-refractivity contribution in [2.45, 2.75) is 25.9 Å². The fourth-order valence-electron chi connectivity index (χ4n) is 2.51. The second-order valence-corrected chi connectivity index (χ2v) is 8.42. The summed E-state index contributed by atoms with van der Waals surface area (Å²) in [6.07, 6.45) is 1.28. The topological polar surface area (TPSA) is 20.3 Å². The molecule has 5 heteroatoms. The van der Waals surface area contributed by atoms with Gasteiger partial charge in [0.25, 0.3) is 0 Å². The summed E-state index contributed by atoms with van der Waals surface area (Å²) in [7, 11) is 0. The van der Waals surface area contributed by atoms with E-state index >= 15 is 0 Å². The Hall–Kier alpha value is -1.43. The highest BCUT2D eigenvalue weighted by atomic mass is 79.9. The van der Waals surface area contributed by atoms with Crippen molar-refractivity contribution in [1.29, 1.82) is 0 Å². The predicted molar refractivity (Wildman–Crippen MR) is 105 cm³/mol. The molecule has 0 saturated heterocycles. The average molecular weight is 420 g/mol. The van der Waals surface area contributed by atoms with Gasteiger partial charge in [-0.05, 0) is 40.9 Å². The monoisotopic (exact) mass is 419 g/mol. The van der Waals surface area contributed by atoms with E-state index in [2.05, 4.69) is 44.9 Å². The van der Waals surface area contributed by atoms with E-state index in [9.17, 15) is 4.79 Å². The first kappa shape index (κ1) is 17.4. The van der Waals surface area contributed by atoms with Crippen LogP contribution in [-0.2, 0) is 24.3 Å². The van der Waals surface area contributed by atoms with Crippen LogP contribution in [0.2, 0.25) is 0 Å². The molecule has 24 heavy (non-hydrogen) atoms. The Morgan fingerprint density at radius 3 is 2.08 bits per heavy atom. The maximum atomic E-state index is 12.8. The zero-order valence-corrected chi connectivity index (χ0v) is 16.4. The van der Waals surface area contributed by atoms with Gasteiger partial charge in [0.1, 0.15) is 0 Å². The molecular formula is C19H18BrNOS2. The minimum atomic E-state index is 0.201. The molecule has 0 bridgehead atoms. The van der Waals surface area contributed by atoms with Crippen molar-refractivity contribution >= 4 is 44.5 Å². The molecule has 0 aliphatic heterocycles. The third kappa shape index (κ3) is 4.79. The summed E-state index contributed by atoms with van der Waals surface area (Å²) in [5.41, 5.74) is 1.18. The minimum absolute atomic E-state index is 0.201. The number of amides is 1. The first-order valence-electron chi connectivity index (χ1n) is 7.78. The largest absolute Gasteiger partial charge is 0.332 e. The van der Waals surface area contributed by atoms with Gasteiger partial charge in [-0.25, -0.2) is 0 Å². The molecule has 0 spiro atoms. The molecule has 2 aromatic heterocycles. The minimum Gasteiger partial charge on any atom is -0.332 e. The normalized spacial score (nSPS) is 10.7. The number of hydrogen-bond donors (Lipinski definition) is 0. The van der Waals surface area contributed by atoms with Crippen LogP contribution >= 0.6 is 38.6 Å². The quantitative estimate of drug-likeness (QED) is 0.478. The van der Waals surface area contributed by atoms with E-state index in [1.165, 1.54) is 15.3 Å². The van der Waals surface area contributed by atoms with Crippen molar-refractivity contribution in [3.63, 3.8) is 0 Å². The lowest BCUT2D eigenvalue weighted by Crippen LogP contribution is -2.29. The predicted octanol–water partition coefficient (Wildman–Crippen LogP) is 5.73. The van der Waals surface area contributed by atoms with Crippen LogP contribution in [0.15, 0.2) is 63.8 Å². The zero-order valence-electron chi connectivity index (χ0n) is 13.2. The van der Waals surface area contributed by atoms with Crippen LogP contribution in [0.3, 0.4) is 0 Å². The van der Waals surface area contributed by atoms with Gasteiger partial charge in [-0.1, -0.05) is 46.3 Å². The molecule has 1 aromatic carbocycles. The molecule has 0 aliphatic rings. The molecule has 0 fully saturated rings. The van der Waals surface area contributed by atoms with Crippen molar-refractivity contribution in [3.8, 4) is 0 Å². The Labute approximate surface area is 158 Å². The highest BCUT2D eigenvalue weighted by Crippen LogP contribution is 2.21. The van der Waals surface area contributed by atoms with Crippen LogP contribution in [0.1, 0.15) is 21.7 Å². The first-order chi connectivity index (χ1) is 11.7. The lowest BCUT2D eigenvalue weighted by atomic mass is 10.1. The summed E-state index contributed by atoms with van der Waals surface area (Å²) in [6, 6.07) is 16.4. The van der Waals surface area contributed by atoms with E-state index in [4.69, 9.17) is 0 Å². The Morgan fingerprint density at radius 1 is 0.917 bits per heavy atom. The molecule has 2 heterocycles. The van der Waals surface area contributed by atoms with Crippen LogP contribution in [0.5, 0.6) is 0 Å². The molecule has 0 unspecified atom stereocenters. The molecule has 0 N–H and O–H groups in total. The van der Waals surface area contributed by atoms with E-state index < -0.39 is 0 Å². The molecule has 0 aliphatic carbocycles. The van der Waals surface area contributed by atoms with Gasteiger partial charge in [-0.3, -0.25) is 4.79 Å². The summed E-state index contributed by atoms with van der Waals surface area (Å²) in [6.45, 7) is 1.37. The van der Waals surface area contributed by atoms with Gasteiger partial charge in [0.05, 0.1) is 13.1 Å². The highest BCUT2D eigenvalue weighted by molar-refractivity contribution is 9.10. The highest BCUT2D eigenvalue weighted by Gasteiger charge is 2.16. The number of rotatable bonds is 7. The van der Waals surface area contributed by atoms with Crippen LogP contribution < -0.4 is 0 Å². The van der Waals surface area contributed by atoms with Crippen molar-refractivity contribution in [2.24, 2.45) is 0 Å². The van der Waals surface area contributed by atoms with Crippen molar-refractivity contribution in [3.05, 3.63) is 79.1 Å². The number of hydrogen-bond acceptors (Lipinski definition) is 3. The molecule has 0 saturated carbocycles. The standard InChI is InChI=1S/C19H18BrNOS2/c20-18-8-2-1-5-15(18)9-10-19(22)21(13-16-6-3-11-23-16)14-17-7-4-12-24-17/h1-8,11-12H,9-10,13-14H2. The van der Waals surface area contributed by atoms with E-state index in [1.807, 2.05) is 35.2 Å². The molecule has 2 nitrogen and oxygen atoms in total. The molecular weight excluding hydrogens is 402 g/mol. The van der Waals surface area contributed by atoms with Crippen LogP contribution in [0, 0.1) is 0 Å². The van der Waals surface area contributed by atoms with Gasteiger partial charge in [-0.15, -0.1) is 22.7 Å². The maximum absolute atomic E-state index is 12.8. The number of aryl methyl sites for hydroxylation is 1.